The van der Waals surface area contributed by atoms with E-state index in [4.69, 9.17) is 5.11 Å². The van der Waals surface area contributed by atoms with E-state index >= 15 is 0 Å². The number of aliphatic carboxylic acids is 1. The lowest BCUT2D eigenvalue weighted by atomic mass is 10.1. The lowest BCUT2D eigenvalue weighted by molar-refractivity contribution is -0.136. The molecule has 2 aromatic rings. The van der Waals surface area contributed by atoms with E-state index in [1.165, 1.54) is 0 Å². The molecule has 20 heavy (non-hydrogen) atoms. The molecule has 0 saturated heterocycles. The Morgan fingerprint density at radius 1 is 1.35 bits per heavy atom. The van der Waals surface area contributed by atoms with Crippen LogP contribution in [0.15, 0.2) is 36.7 Å². The van der Waals surface area contributed by atoms with Gasteiger partial charge in [-0.15, -0.1) is 0 Å². The van der Waals surface area contributed by atoms with Crippen molar-refractivity contribution in [3.05, 3.63) is 48.0 Å². The predicted molar refractivity (Wildman–Crippen MR) is 72.2 cm³/mol. The fourth-order valence-electron chi connectivity index (χ4n) is 1.67. The lowest BCUT2D eigenvalue weighted by Gasteiger charge is -2.07. The highest BCUT2D eigenvalue weighted by atomic mass is 16.4. The van der Waals surface area contributed by atoms with Crippen LogP contribution in [0.1, 0.15) is 11.4 Å². The van der Waals surface area contributed by atoms with Gasteiger partial charge in [-0.05, 0) is 17.7 Å². The number of urea groups is 1. The molecule has 7 heteroatoms. The zero-order valence-electron chi connectivity index (χ0n) is 10.6. The molecule has 0 aliphatic heterocycles. The third kappa shape index (κ3) is 4.13. The van der Waals surface area contributed by atoms with E-state index in [1.54, 1.807) is 36.7 Å². The molecule has 7 nitrogen and oxygen atoms in total. The average Bonchev–Trinajstić information content (AvgIpc) is 2.89. The van der Waals surface area contributed by atoms with Gasteiger partial charge in [-0.1, -0.05) is 12.1 Å². The second-order valence-corrected chi connectivity index (χ2v) is 4.11. The van der Waals surface area contributed by atoms with Crippen LogP contribution in [0.5, 0.6) is 0 Å². The summed E-state index contributed by atoms with van der Waals surface area (Å²) in [6.07, 6.45) is 3.19. The number of hydrogen-bond donors (Lipinski definition) is 4. The average molecular weight is 274 g/mol. The van der Waals surface area contributed by atoms with Gasteiger partial charge < -0.3 is 20.7 Å². The maximum atomic E-state index is 11.7. The van der Waals surface area contributed by atoms with Gasteiger partial charge in [0, 0.05) is 18.1 Å². The number of nitrogens with zero attached hydrogens (tertiary/aromatic N) is 1. The van der Waals surface area contributed by atoms with Crippen molar-refractivity contribution in [3.63, 3.8) is 0 Å². The molecule has 1 aromatic carbocycles. The number of imidazole rings is 1. The van der Waals surface area contributed by atoms with E-state index in [-0.39, 0.29) is 19.0 Å². The molecule has 0 bridgehead atoms. The number of rotatable bonds is 5. The number of carboxylic acid groups (broad SMARTS) is 1. The lowest BCUT2D eigenvalue weighted by Crippen LogP contribution is -2.28. The quantitative estimate of drug-likeness (QED) is 0.660. The van der Waals surface area contributed by atoms with Crippen molar-refractivity contribution in [2.45, 2.75) is 13.0 Å². The van der Waals surface area contributed by atoms with Crippen molar-refractivity contribution >= 4 is 17.7 Å². The Bertz CT molecular complexity index is 595. The maximum absolute atomic E-state index is 11.7. The highest BCUT2D eigenvalue weighted by molar-refractivity contribution is 5.89. The third-order valence-corrected chi connectivity index (χ3v) is 2.51. The van der Waals surface area contributed by atoms with E-state index in [0.717, 1.165) is 0 Å². The first-order valence-corrected chi connectivity index (χ1v) is 5.97. The summed E-state index contributed by atoms with van der Waals surface area (Å²) in [6.45, 7) is 0.285. The molecule has 4 N–H and O–H groups in total. The minimum Gasteiger partial charge on any atom is -0.481 e. The molecule has 0 unspecified atom stereocenters. The van der Waals surface area contributed by atoms with Crippen LogP contribution in [-0.4, -0.2) is 27.1 Å². The summed E-state index contributed by atoms with van der Waals surface area (Å²) >= 11 is 0. The van der Waals surface area contributed by atoms with E-state index in [9.17, 15) is 9.59 Å². The topological polar surface area (TPSA) is 107 Å². The summed E-state index contributed by atoms with van der Waals surface area (Å²) in [4.78, 5) is 29.1. The number of hydrogen-bond acceptors (Lipinski definition) is 3. The summed E-state index contributed by atoms with van der Waals surface area (Å²) in [7, 11) is 0. The van der Waals surface area contributed by atoms with E-state index in [1.807, 2.05) is 0 Å². The van der Waals surface area contributed by atoms with Crippen LogP contribution in [0.2, 0.25) is 0 Å². The molecule has 1 aromatic heterocycles. The fraction of sp³-hybridized carbons (Fsp3) is 0.154. The van der Waals surface area contributed by atoms with Crippen LogP contribution >= 0.6 is 0 Å². The molecule has 0 aliphatic rings. The number of carboxylic acids is 1. The minimum absolute atomic E-state index is 0.0798. The van der Waals surface area contributed by atoms with Crippen LogP contribution < -0.4 is 10.6 Å². The second kappa shape index (κ2) is 6.37. The normalized spacial score (nSPS) is 10.0. The Morgan fingerprint density at radius 3 is 2.90 bits per heavy atom. The van der Waals surface area contributed by atoms with Crippen molar-refractivity contribution < 1.29 is 14.7 Å². The Balaban J connectivity index is 1.88. The van der Waals surface area contributed by atoms with Crippen LogP contribution in [0.25, 0.3) is 0 Å². The maximum Gasteiger partial charge on any atom is 0.319 e. The minimum atomic E-state index is -0.913. The Hall–Kier alpha value is -2.83. The highest BCUT2D eigenvalue weighted by Gasteiger charge is 2.05. The van der Waals surface area contributed by atoms with Crippen molar-refractivity contribution in [2.24, 2.45) is 0 Å². The number of benzene rings is 1. The van der Waals surface area contributed by atoms with Gasteiger partial charge in [0.2, 0.25) is 0 Å². The van der Waals surface area contributed by atoms with Gasteiger partial charge in [-0.2, -0.15) is 0 Å². The third-order valence-electron chi connectivity index (χ3n) is 2.51. The Kier molecular flexibility index (Phi) is 4.33. The number of carbonyl (C=O) groups excluding carboxylic acids is 1. The highest BCUT2D eigenvalue weighted by Crippen LogP contribution is 2.11. The second-order valence-electron chi connectivity index (χ2n) is 4.11. The van der Waals surface area contributed by atoms with Crippen molar-refractivity contribution in [3.8, 4) is 0 Å². The van der Waals surface area contributed by atoms with Crippen molar-refractivity contribution in [1.82, 2.24) is 15.3 Å². The first kappa shape index (κ1) is 13.6. The van der Waals surface area contributed by atoms with Gasteiger partial charge >= 0.3 is 12.0 Å². The van der Waals surface area contributed by atoms with Gasteiger partial charge in [0.1, 0.15) is 5.82 Å². The number of aromatic nitrogens is 2. The van der Waals surface area contributed by atoms with E-state index in [0.29, 0.717) is 17.1 Å². The SMILES string of the molecule is O=C(O)Cc1cccc(NC(=O)NCc2ncc[nH]2)c1. The zero-order chi connectivity index (χ0) is 14.4. The Morgan fingerprint density at radius 2 is 2.20 bits per heavy atom. The van der Waals surface area contributed by atoms with Gasteiger partial charge in [-0.3, -0.25) is 4.79 Å². The molecule has 0 fully saturated rings. The number of carbonyl (C=O) groups is 2. The molecule has 0 aliphatic carbocycles. The van der Waals surface area contributed by atoms with Crippen LogP contribution in [0, 0.1) is 0 Å². The summed E-state index contributed by atoms with van der Waals surface area (Å²) in [6, 6.07) is 6.33. The van der Waals surface area contributed by atoms with Gasteiger partial charge in [0.15, 0.2) is 0 Å². The van der Waals surface area contributed by atoms with Crippen molar-refractivity contribution in [1.29, 1.82) is 0 Å². The summed E-state index contributed by atoms with van der Waals surface area (Å²) in [5.41, 5.74) is 1.17. The first-order chi connectivity index (χ1) is 9.63. The van der Waals surface area contributed by atoms with Gasteiger partial charge in [0.05, 0.1) is 13.0 Å². The van der Waals surface area contributed by atoms with Crippen molar-refractivity contribution in [2.75, 3.05) is 5.32 Å². The number of anilines is 1. The van der Waals surface area contributed by atoms with Crippen LogP contribution in [0.3, 0.4) is 0 Å². The molecule has 2 rings (SSSR count). The molecular formula is C13H14N4O3. The van der Waals surface area contributed by atoms with Crippen LogP contribution in [-0.2, 0) is 17.8 Å². The zero-order valence-corrected chi connectivity index (χ0v) is 10.6. The summed E-state index contributed by atoms with van der Waals surface area (Å²) < 4.78 is 0. The molecule has 0 atom stereocenters. The number of aromatic amines is 1. The molecule has 0 spiro atoms. The number of nitrogens with one attached hydrogen (secondary N) is 3. The summed E-state index contributed by atoms with van der Waals surface area (Å²) in [5, 5.41) is 14.0. The molecule has 104 valence electrons. The predicted octanol–water partition coefficient (Wildman–Crippen LogP) is 1.36. The smallest absolute Gasteiger partial charge is 0.319 e. The fourth-order valence-corrected chi connectivity index (χ4v) is 1.67. The molecule has 0 saturated carbocycles. The molecule has 1 heterocycles. The van der Waals surface area contributed by atoms with Gasteiger partial charge in [-0.25, -0.2) is 9.78 Å². The monoisotopic (exact) mass is 274 g/mol. The van der Waals surface area contributed by atoms with Gasteiger partial charge in [0.25, 0.3) is 0 Å². The largest absolute Gasteiger partial charge is 0.481 e. The van der Waals surface area contributed by atoms with E-state index in [2.05, 4.69) is 20.6 Å². The Labute approximate surface area is 115 Å². The van der Waals surface area contributed by atoms with Crippen LogP contribution in [0.4, 0.5) is 10.5 Å². The molecule has 0 radical (unpaired) electrons. The van der Waals surface area contributed by atoms with E-state index < -0.39 is 5.97 Å². The first-order valence-electron chi connectivity index (χ1n) is 5.97. The number of H-pyrrole nitrogens is 1. The molecule has 2 amide bonds. The summed E-state index contributed by atoms with van der Waals surface area (Å²) in [5.74, 6) is -0.260. The standard InChI is InChI=1S/C13H14N4O3/c18-12(19)7-9-2-1-3-10(6-9)17-13(20)16-8-11-14-4-5-15-11/h1-6H,7-8H2,(H,14,15)(H,18,19)(H2,16,17,20). The molecular weight excluding hydrogens is 260 g/mol. The number of amides is 2.